The molecule has 1 spiro atoms. The Bertz CT molecular complexity index is 694. The minimum atomic E-state index is -0.146. The van der Waals surface area contributed by atoms with Crippen molar-refractivity contribution in [3.63, 3.8) is 0 Å². The highest BCUT2D eigenvalue weighted by molar-refractivity contribution is 5.39. The second-order valence-electron chi connectivity index (χ2n) is 6.96. The lowest BCUT2D eigenvalue weighted by Gasteiger charge is -2.44. The average molecular weight is 340 g/mol. The molecule has 0 aromatic carbocycles. The first-order chi connectivity index (χ1) is 12.3. The Balaban J connectivity index is 1.46. The summed E-state index contributed by atoms with van der Waals surface area (Å²) >= 11 is 0. The number of hydrogen-bond acceptors (Lipinski definition) is 6. The summed E-state index contributed by atoms with van der Waals surface area (Å²) in [6.07, 6.45) is 6.90. The molecule has 1 saturated carbocycles. The summed E-state index contributed by atoms with van der Waals surface area (Å²) in [6, 6.07) is 7.92. The number of aryl methyl sites for hydroxylation is 1. The maximum absolute atomic E-state index is 6.32. The number of pyridine rings is 1. The van der Waals surface area contributed by atoms with Gasteiger partial charge in [0.1, 0.15) is 5.75 Å². The van der Waals surface area contributed by atoms with Crippen LogP contribution in [0.2, 0.25) is 0 Å². The molecule has 6 heteroatoms. The van der Waals surface area contributed by atoms with Crippen LogP contribution in [0.4, 0.5) is 5.82 Å². The number of nitrogens with zero attached hydrogens (tertiary/aromatic N) is 4. The van der Waals surface area contributed by atoms with Crippen LogP contribution in [0.3, 0.4) is 0 Å². The Morgan fingerprint density at radius 1 is 1.32 bits per heavy atom. The first-order valence-electron chi connectivity index (χ1n) is 8.97. The van der Waals surface area contributed by atoms with E-state index < -0.39 is 0 Å². The molecule has 2 aromatic heterocycles. The van der Waals surface area contributed by atoms with Gasteiger partial charge in [-0.25, -0.2) is 0 Å². The van der Waals surface area contributed by atoms with Gasteiger partial charge in [0.25, 0.3) is 0 Å². The van der Waals surface area contributed by atoms with Gasteiger partial charge in [-0.2, -0.15) is 5.10 Å². The predicted molar refractivity (Wildman–Crippen MR) is 94.7 cm³/mol. The third-order valence-corrected chi connectivity index (χ3v) is 5.30. The van der Waals surface area contributed by atoms with E-state index in [-0.39, 0.29) is 5.60 Å². The van der Waals surface area contributed by atoms with Gasteiger partial charge in [-0.15, -0.1) is 5.10 Å². The molecule has 1 saturated heterocycles. The van der Waals surface area contributed by atoms with Gasteiger partial charge >= 0.3 is 0 Å². The van der Waals surface area contributed by atoms with Crippen molar-refractivity contribution in [2.45, 2.75) is 31.8 Å². The zero-order valence-corrected chi connectivity index (χ0v) is 14.6. The van der Waals surface area contributed by atoms with Gasteiger partial charge in [-0.1, -0.05) is 0 Å². The number of morpholine rings is 1. The molecule has 1 aliphatic carbocycles. The molecule has 132 valence electrons. The first-order valence-corrected chi connectivity index (χ1v) is 8.97. The van der Waals surface area contributed by atoms with E-state index in [2.05, 4.69) is 26.1 Å². The van der Waals surface area contributed by atoms with Crippen LogP contribution in [-0.2, 0) is 4.74 Å². The number of aromatic nitrogens is 3. The molecule has 2 aliphatic rings. The molecule has 2 aromatic rings. The summed E-state index contributed by atoms with van der Waals surface area (Å²) < 4.78 is 12.3. The van der Waals surface area contributed by atoms with Gasteiger partial charge in [0.15, 0.2) is 5.82 Å². The molecule has 25 heavy (non-hydrogen) atoms. The normalized spacial score (nSPS) is 26.1. The van der Waals surface area contributed by atoms with Crippen LogP contribution in [0.25, 0.3) is 0 Å². The summed E-state index contributed by atoms with van der Waals surface area (Å²) in [5.74, 6) is 2.14. The van der Waals surface area contributed by atoms with Crippen molar-refractivity contribution in [2.24, 2.45) is 5.92 Å². The van der Waals surface area contributed by atoms with Gasteiger partial charge in [-0.3, -0.25) is 4.98 Å². The van der Waals surface area contributed by atoms with Crippen molar-refractivity contribution in [3.05, 3.63) is 42.4 Å². The molecular formula is C19H24N4O2. The minimum absolute atomic E-state index is 0.146. The smallest absolute Gasteiger partial charge is 0.151 e. The summed E-state index contributed by atoms with van der Waals surface area (Å²) in [5.41, 5.74) is 0.794. The van der Waals surface area contributed by atoms with Crippen molar-refractivity contribution >= 4 is 5.82 Å². The van der Waals surface area contributed by atoms with Gasteiger partial charge in [0.05, 0.1) is 30.7 Å². The van der Waals surface area contributed by atoms with Crippen molar-refractivity contribution in [1.82, 2.24) is 15.2 Å². The van der Waals surface area contributed by atoms with Gasteiger partial charge in [-0.05, 0) is 50.5 Å². The SMILES string of the molecule is Cc1ccc(N2CCO[C@]3(CCC[C@H]3COc3cccnc3)C2)nn1. The molecule has 1 aliphatic heterocycles. The lowest BCUT2D eigenvalue weighted by Crippen LogP contribution is -2.55. The molecule has 0 bridgehead atoms. The second kappa shape index (κ2) is 6.96. The topological polar surface area (TPSA) is 60.4 Å². The molecule has 0 radical (unpaired) electrons. The third kappa shape index (κ3) is 3.44. The van der Waals surface area contributed by atoms with Crippen LogP contribution in [0.1, 0.15) is 25.0 Å². The molecule has 2 atom stereocenters. The Hall–Kier alpha value is -2.21. The van der Waals surface area contributed by atoms with Crippen molar-refractivity contribution in [1.29, 1.82) is 0 Å². The quantitative estimate of drug-likeness (QED) is 0.853. The Labute approximate surface area is 148 Å². The third-order valence-electron chi connectivity index (χ3n) is 5.30. The van der Waals surface area contributed by atoms with Crippen LogP contribution in [0, 0.1) is 12.8 Å². The Morgan fingerprint density at radius 2 is 2.28 bits per heavy atom. The molecule has 0 unspecified atom stereocenters. The van der Waals surface area contributed by atoms with Crippen LogP contribution in [-0.4, -0.2) is 47.1 Å². The standard InChI is InChI=1S/C19H24N4O2/c1-15-6-7-18(22-21-15)23-10-11-25-19(14-23)8-2-4-16(19)13-24-17-5-3-9-20-12-17/h3,5-7,9,12,16H,2,4,8,10-11,13-14H2,1H3/t16-,19+/m0/s1. The van der Waals surface area contributed by atoms with E-state index in [1.165, 1.54) is 6.42 Å². The van der Waals surface area contributed by atoms with E-state index >= 15 is 0 Å². The van der Waals surface area contributed by atoms with E-state index in [1.54, 1.807) is 12.4 Å². The van der Waals surface area contributed by atoms with E-state index in [0.717, 1.165) is 49.8 Å². The number of rotatable bonds is 4. The van der Waals surface area contributed by atoms with Crippen LogP contribution < -0.4 is 9.64 Å². The Morgan fingerprint density at radius 3 is 3.08 bits per heavy atom. The summed E-state index contributed by atoms with van der Waals surface area (Å²) in [4.78, 5) is 6.42. The zero-order chi connectivity index (χ0) is 17.1. The molecular weight excluding hydrogens is 316 g/mol. The average Bonchev–Trinajstić information content (AvgIpc) is 3.03. The zero-order valence-electron chi connectivity index (χ0n) is 14.6. The molecule has 0 amide bonds. The minimum Gasteiger partial charge on any atom is -0.492 e. The number of ether oxygens (including phenoxy) is 2. The van der Waals surface area contributed by atoms with Crippen molar-refractivity contribution < 1.29 is 9.47 Å². The number of anilines is 1. The predicted octanol–water partition coefficient (Wildman–Crippen LogP) is 2.63. The highest BCUT2D eigenvalue weighted by Crippen LogP contribution is 2.42. The van der Waals surface area contributed by atoms with Crippen LogP contribution in [0.5, 0.6) is 5.75 Å². The first kappa shape index (κ1) is 16.3. The summed E-state index contributed by atoms with van der Waals surface area (Å²) in [5, 5.41) is 8.56. The van der Waals surface area contributed by atoms with Gasteiger partial charge < -0.3 is 14.4 Å². The lowest BCUT2D eigenvalue weighted by atomic mass is 9.89. The maximum Gasteiger partial charge on any atom is 0.151 e. The maximum atomic E-state index is 6.32. The molecule has 4 rings (SSSR count). The fourth-order valence-corrected chi connectivity index (χ4v) is 3.94. The highest BCUT2D eigenvalue weighted by Gasteiger charge is 2.47. The van der Waals surface area contributed by atoms with Crippen molar-refractivity contribution in [2.75, 3.05) is 31.2 Å². The number of hydrogen-bond donors (Lipinski definition) is 0. The van der Waals surface area contributed by atoms with E-state index in [1.807, 2.05) is 25.1 Å². The Kier molecular flexibility index (Phi) is 4.53. The molecule has 2 fully saturated rings. The molecule has 3 heterocycles. The monoisotopic (exact) mass is 340 g/mol. The van der Waals surface area contributed by atoms with Gasteiger partial charge in [0, 0.05) is 25.2 Å². The lowest BCUT2D eigenvalue weighted by molar-refractivity contribution is -0.0895. The van der Waals surface area contributed by atoms with Crippen LogP contribution >= 0.6 is 0 Å². The van der Waals surface area contributed by atoms with Crippen LogP contribution in [0.15, 0.2) is 36.7 Å². The largest absolute Gasteiger partial charge is 0.492 e. The van der Waals surface area contributed by atoms with Gasteiger partial charge in [0.2, 0.25) is 0 Å². The summed E-state index contributed by atoms with van der Waals surface area (Å²) in [7, 11) is 0. The second-order valence-corrected chi connectivity index (χ2v) is 6.96. The fraction of sp³-hybridized carbons (Fsp3) is 0.526. The highest BCUT2D eigenvalue weighted by atomic mass is 16.5. The molecule has 6 nitrogen and oxygen atoms in total. The van der Waals surface area contributed by atoms with E-state index in [4.69, 9.17) is 9.47 Å². The molecule has 0 N–H and O–H groups in total. The summed E-state index contributed by atoms with van der Waals surface area (Å²) in [6.45, 7) is 5.06. The van der Waals surface area contributed by atoms with E-state index in [0.29, 0.717) is 12.5 Å². The fourth-order valence-electron chi connectivity index (χ4n) is 3.94. The van der Waals surface area contributed by atoms with Crippen molar-refractivity contribution in [3.8, 4) is 5.75 Å². The van der Waals surface area contributed by atoms with E-state index in [9.17, 15) is 0 Å².